The Hall–Kier alpha value is -0.0800. The second-order valence-electron chi connectivity index (χ2n) is 4.51. The van der Waals surface area contributed by atoms with Crippen molar-refractivity contribution in [2.75, 3.05) is 24.6 Å². The third kappa shape index (κ3) is 6.13. The normalized spacial score (nSPS) is 13.6. The predicted octanol–water partition coefficient (Wildman–Crippen LogP) is 2.32. The van der Waals surface area contributed by atoms with E-state index < -0.39 is 10.0 Å². The molecule has 0 radical (unpaired) electrons. The molecule has 1 heterocycles. The van der Waals surface area contributed by atoms with Crippen molar-refractivity contribution in [1.29, 1.82) is 0 Å². The third-order valence-corrected chi connectivity index (χ3v) is 7.00. The lowest BCUT2D eigenvalue weighted by atomic mass is 10.3. The molecule has 0 bridgehead atoms. The molecule has 2 N–H and O–H groups in total. The van der Waals surface area contributed by atoms with Gasteiger partial charge >= 0.3 is 0 Å². The molecule has 1 unspecified atom stereocenters. The fourth-order valence-electron chi connectivity index (χ4n) is 1.68. The number of likely N-dealkylation sites (N-methyl/N-ethyl adjacent to an activating group) is 1. The Morgan fingerprint density at radius 2 is 2.10 bits per heavy atom. The van der Waals surface area contributed by atoms with Crippen LogP contribution in [0.1, 0.15) is 25.6 Å². The molecular formula is C13H24N2O2S3. The first kappa shape index (κ1) is 18.0. The van der Waals surface area contributed by atoms with E-state index in [9.17, 15) is 8.42 Å². The van der Waals surface area contributed by atoms with Gasteiger partial charge in [0.2, 0.25) is 10.0 Å². The zero-order valence-electron chi connectivity index (χ0n) is 12.3. The van der Waals surface area contributed by atoms with Crippen LogP contribution in [0.3, 0.4) is 0 Å². The van der Waals surface area contributed by atoms with E-state index in [1.54, 1.807) is 17.8 Å². The summed E-state index contributed by atoms with van der Waals surface area (Å²) < 4.78 is 27.6. The number of thiophene rings is 1. The van der Waals surface area contributed by atoms with Gasteiger partial charge in [-0.1, -0.05) is 13.8 Å². The summed E-state index contributed by atoms with van der Waals surface area (Å²) in [5.74, 6) is 1.80. The zero-order valence-corrected chi connectivity index (χ0v) is 14.8. The molecule has 7 heteroatoms. The first-order valence-electron chi connectivity index (χ1n) is 6.89. The minimum absolute atomic E-state index is 0.0442. The lowest BCUT2D eigenvalue weighted by molar-refractivity contribution is 0.573. The summed E-state index contributed by atoms with van der Waals surface area (Å²) in [6.45, 7) is 7.85. The van der Waals surface area contributed by atoms with E-state index in [2.05, 4.69) is 23.9 Å². The van der Waals surface area contributed by atoms with E-state index in [1.807, 2.05) is 13.0 Å². The van der Waals surface area contributed by atoms with Gasteiger partial charge < -0.3 is 5.32 Å². The summed E-state index contributed by atoms with van der Waals surface area (Å²) in [4.78, 5) is 1.10. The van der Waals surface area contributed by atoms with Crippen molar-refractivity contribution in [3.63, 3.8) is 0 Å². The van der Waals surface area contributed by atoms with E-state index in [0.717, 1.165) is 35.9 Å². The second kappa shape index (κ2) is 9.04. The third-order valence-electron chi connectivity index (χ3n) is 2.63. The van der Waals surface area contributed by atoms with Crippen LogP contribution in [-0.2, 0) is 16.4 Å². The van der Waals surface area contributed by atoms with Crippen LogP contribution in [0.2, 0.25) is 0 Å². The molecule has 0 amide bonds. The van der Waals surface area contributed by atoms with Gasteiger partial charge in [0.15, 0.2) is 0 Å². The minimum atomic E-state index is -3.36. The van der Waals surface area contributed by atoms with Crippen LogP contribution in [0.25, 0.3) is 0 Å². The van der Waals surface area contributed by atoms with Gasteiger partial charge in [0.05, 0.1) is 0 Å². The molecule has 0 saturated carbocycles. The molecule has 1 atom stereocenters. The van der Waals surface area contributed by atoms with Crippen LogP contribution in [0.5, 0.6) is 0 Å². The minimum Gasteiger partial charge on any atom is -0.317 e. The highest BCUT2D eigenvalue weighted by Gasteiger charge is 2.19. The van der Waals surface area contributed by atoms with Crippen molar-refractivity contribution in [2.24, 2.45) is 0 Å². The predicted molar refractivity (Wildman–Crippen MR) is 89.3 cm³/mol. The number of hydrogen-bond acceptors (Lipinski definition) is 5. The Kier molecular flexibility index (Phi) is 8.13. The number of nitrogens with one attached hydrogen (secondary N) is 2. The van der Waals surface area contributed by atoms with E-state index in [4.69, 9.17) is 0 Å². The Morgan fingerprint density at radius 1 is 1.35 bits per heavy atom. The van der Waals surface area contributed by atoms with Crippen molar-refractivity contribution in [1.82, 2.24) is 10.0 Å². The number of hydrogen-bond donors (Lipinski definition) is 2. The number of thioether (sulfide) groups is 1. The Bertz CT molecular complexity index is 486. The fourth-order valence-corrected chi connectivity index (χ4v) is 5.07. The first-order valence-corrected chi connectivity index (χ1v) is 10.3. The molecule has 116 valence electrons. The molecule has 1 aromatic heterocycles. The topological polar surface area (TPSA) is 58.2 Å². The number of rotatable bonds is 10. The van der Waals surface area contributed by atoms with Gasteiger partial charge in [-0.05, 0) is 44.3 Å². The van der Waals surface area contributed by atoms with Gasteiger partial charge in [-0.25, -0.2) is 13.1 Å². The van der Waals surface area contributed by atoms with E-state index in [1.165, 1.54) is 11.3 Å². The summed E-state index contributed by atoms with van der Waals surface area (Å²) >= 11 is 3.10. The largest absolute Gasteiger partial charge is 0.317 e. The quantitative estimate of drug-likeness (QED) is 0.644. The summed E-state index contributed by atoms with van der Waals surface area (Å²) in [7, 11) is -3.36. The molecule has 4 nitrogen and oxygen atoms in total. The van der Waals surface area contributed by atoms with Gasteiger partial charge in [0.1, 0.15) is 4.21 Å². The van der Waals surface area contributed by atoms with Gasteiger partial charge in [-0.3, -0.25) is 0 Å². The summed E-state index contributed by atoms with van der Waals surface area (Å²) in [6.07, 6.45) is 0.870. The van der Waals surface area contributed by atoms with Crippen molar-refractivity contribution in [3.05, 3.63) is 17.0 Å². The van der Waals surface area contributed by atoms with Crippen LogP contribution in [0.15, 0.2) is 16.3 Å². The molecule has 20 heavy (non-hydrogen) atoms. The average Bonchev–Trinajstić information content (AvgIpc) is 2.86. The molecule has 0 aliphatic heterocycles. The summed E-state index contributed by atoms with van der Waals surface area (Å²) in [6, 6.07) is 3.56. The molecule has 0 saturated heterocycles. The molecular weight excluding hydrogens is 312 g/mol. The molecule has 0 aliphatic carbocycles. The van der Waals surface area contributed by atoms with E-state index in [-0.39, 0.29) is 6.04 Å². The van der Waals surface area contributed by atoms with Crippen LogP contribution >= 0.6 is 23.1 Å². The van der Waals surface area contributed by atoms with Crippen molar-refractivity contribution < 1.29 is 8.42 Å². The maximum atomic E-state index is 12.2. The first-order chi connectivity index (χ1) is 9.49. The lowest BCUT2D eigenvalue weighted by Crippen LogP contribution is -2.33. The van der Waals surface area contributed by atoms with Crippen LogP contribution in [0, 0.1) is 0 Å². The Balaban J connectivity index is 2.59. The monoisotopic (exact) mass is 336 g/mol. The SMILES string of the molecule is CCNCCc1ccc(S(=O)(=O)NC(C)CSCC)s1. The molecule has 1 aromatic rings. The van der Waals surface area contributed by atoms with Crippen LogP contribution in [-0.4, -0.2) is 39.1 Å². The molecule has 0 aromatic carbocycles. The van der Waals surface area contributed by atoms with E-state index in [0.29, 0.717) is 4.21 Å². The van der Waals surface area contributed by atoms with Gasteiger partial charge in [-0.15, -0.1) is 11.3 Å². The highest BCUT2D eigenvalue weighted by atomic mass is 32.2. The smallest absolute Gasteiger partial charge is 0.250 e. The maximum absolute atomic E-state index is 12.2. The van der Waals surface area contributed by atoms with Crippen molar-refractivity contribution in [2.45, 2.75) is 37.4 Å². The Labute approximate surface area is 130 Å². The maximum Gasteiger partial charge on any atom is 0.250 e. The number of sulfonamides is 1. The molecule has 0 aliphatic rings. The van der Waals surface area contributed by atoms with Crippen molar-refractivity contribution in [3.8, 4) is 0 Å². The average molecular weight is 337 g/mol. The standard InChI is InChI=1S/C13H24N2O2S3/c1-4-14-9-8-12-6-7-13(19-12)20(16,17)15-11(3)10-18-5-2/h6-7,11,14-15H,4-5,8-10H2,1-3H3. The van der Waals surface area contributed by atoms with Gasteiger partial charge in [0, 0.05) is 16.7 Å². The molecule has 0 fully saturated rings. The second-order valence-corrected chi connectivity index (χ2v) is 8.93. The van der Waals surface area contributed by atoms with E-state index >= 15 is 0 Å². The highest BCUT2D eigenvalue weighted by Crippen LogP contribution is 2.22. The highest BCUT2D eigenvalue weighted by molar-refractivity contribution is 7.99. The molecule has 1 rings (SSSR count). The fraction of sp³-hybridized carbons (Fsp3) is 0.692. The van der Waals surface area contributed by atoms with Crippen LogP contribution in [0.4, 0.5) is 0 Å². The lowest BCUT2D eigenvalue weighted by Gasteiger charge is -2.12. The summed E-state index contributed by atoms with van der Waals surface area (Å²) in [5.41, 5.74) is 0. The zero-order chi connectivity index (χ0) is 15.0. The Morgan fingerprint density at radius 3 is 2.75 bits per heavy atom. The van der Waals surface area contributed by atoms with Gasteiger partial charge in [-0.2, -0.15) is 11.8 Å². The van der Waals surface area contributed by atoms with Gasteiger partial charge in [0.25, 0.3) is 0 Å². The molecule has 0 spiro atoms. The summed E-state index contributed by atoms with van der Waals surface area (Å²) in [5, 5.41) is 3.24. The van der Waals surface area contributed by atoms with Crippen molar-refractivity contribution >= 4 is 33.1 Å². The van der Waals surface area contributed by atoms with Crippen LogP contribution < -0.4 is 10.0 Å².